The third-order valence-corrected chi connectivity index (χ3v) is 6.28. The van der Waals surface area contributed by atoms with E-state index < -0.39 is 5.82 Å². The summed E-state index contributed by atoms with van der Waals surface area (Å²) in [5.74, 6) is -0.245. The third kappa shape index (κ3) is 5.76. The summed E-state index contributed by atoms with van der Waals surface area (Å²) in [7, 11) is 0. The fourth-order valence-electron chi connectivity index (χ4n) is 3.61. The number of thioether (sulfide) groups is 1. The second-order valence-corrected chi connectivity index (χ2v) is 8.15. The average Bonchev–Trinajstić information content (AvgIpc) is 3.22. The summed E-state index contributed by atoms with van der Waals surface area (Å²) >= 11 is 1.14. The van der Waals surface area contributed by atoms with E-state index >= 15 is 0 Å². The van der Waals surface area contributed by atoms with Crippen molar-refractivity contribution < 1.29 is 23.5 Å². The molecule has 0 radical (unpaired) electrons. The fraction of sp³-hybridized carbons (Fsp3) is 0.600. The zero-order chi connectivity index (χ0) is 19.9. The number of nitrogens with zero attached hydrogens (tertiary/aromatic N) is 1. The van der Waals surface area contributed by atoms with E-state index in [9.17, 15) is 14.0 Å². The maximum Gasteiger partial charge on any atom is 0.230 e. The summed E-state index contributed by atoms with van der Waals surface area (Å²) in [5, 5.41) is 3.00. The molecule has 8 heteroatoms. The highest BCUT2D eigenvalue weighted by molar-refractivity contribution is 8.00. The van der Waals surface area contributed by atoms with Gasteiger partial charge in [0.25, 0.3) is 0 Å². The molecule has 2 aliphatic heterocycles. The van der Waals surface area contributed by atoms with Crippen LogP contribution in [0.5, 0.6) is 0 Å². The van der Waals surface area contributed by atoms with Gasteiger partial charge in [-0.2, -0.15) is 0 Å². The minimum Gasteiger partial charge on any atom is -0.381 e. The first-order valence-electron chi connectivity index (χ1n) is 9.64. The molecule has 0 aliphatic carbocycles. The van der Waals surface area contributed by atoms with Crippen LogP contribution in [0.2, 0.25) is 0 Å². The van der Waals surface area contributed by atoms with Crippen molar-refractivity contribution in [3.63, 3.8) is 0 Å². The number of halogens is 1. The summed E-state index contributed by atoms with van der Waals surface area (Å²) in [5.41, 5.74) is 0.332. The van der Waals surface area contributed by atoms with Gasteiger partial charge in [-0.05, 0) is 25.5 Å². The molecular weight excluding hydrogens is 383 g/mol. The van der Waals surface area contributed by atoms with Crippen LogP contribution in [0.4, 0.5) is 4.39 Å². The highest BCUT2D eigenvalue weighted by Crippen LogP contribution is 2.24. The van der Waals surface area contributed by atoms with E-state index in [0.717, 1.165) is 44.5 Å². The maximum absolute atomic E-state index is 14.1. The third-order valence-electron chi connectivity index (χ3n) is 5.23. The van der Waals surface area contributed by atoms with Crippen LogP contribution in [0.25, 0.3) is 0 Å². The second kappa shape index (κ2) is 10.3. The maximum atomic E-state index is 14.1. The predicted octanol–water partition coefficient (Wildman–Crippen LogP) is 1.97. The first-order chi connectivity index (χ1) is 13.5. The standard InChI is InChI=1S/C20H27FN2O4S/c1-14(24)15-2-3-19(17(21)10-15)28-13-20(25)22-11-18(16-4-7-27-12-16)23-5-8-26-9-6-23/h2-3,10,16,18H,4-9,11-13H2,1H3,(H,22,25). The highest BCUT2D eigenvalue weighted by Gasteiger charge is 2.31. The summed E-state index contributed by atoms with van der Waals surface area (Å²) in [4.78, 5) is 26.4. The lowest BCUT2D eigenvalue weighted by Gasteiger charge is -2.37. The number of carbonyl (C=O) groups is 2. The van der Waals surface area contributed by atoms with Crippen LogP contribution < -0.4 is 5.32 Å². The van der Waals surface area contributed by atoms with Gasteiger partial charge in [0, 0.05) is 48.7 Å². The smallest absolute Gasteiger partial charge is 0.230 e. The van der Waals surface area contributed by atoms with Crippen LogP contribution >= 0.6 is 11.8 Å². The van der Waals surface area contributed by atoms with Crippen LogP contribution in [0.15, 0.2) is 23.1 Å². The molecule has 0 aromatic heterocycles. The molecule has 1 aromatic rings. The molecule has 2 heterocycles. The van der Waals surface area contributed by atoms with Gasteiger partial charge in [0.05, 0.1) is 25.6 Å². The number of hydrogen-bond acceptors (Lipinski definition) is 6. The molecule has 1 N–H and O–H groups in total. The molecular formula is C20H27FN2O4S. The zero-order valence-electron chi connectivity index (χ0n) is 16.1. The number of carbonyl (C=O) groups excluding carboxylic acids is 2. The Morgan fingerprint density at radius 2 is 2.07 bits per heavy atom. The molecule has 0 bridgehead atoms. The molecule has 0 spiro atoms. The topological polar surface area (TPSA) is 67.9 Å². The van der Waals surface area contributed by atoms with Crippen molar-refractivity contribution in [2.24, 2.45) is 5.92 Å². The summed E-state index contributed by atoms with van der Waals surface area (Å²) in [6.45, 7) is 6.59. The van der Waals surface area contributed by atoms with Crippen molar-refractivity contribution in [3.8, 4) is 0 Å². The van der Waals surface area contributed by atoms with Gasteiger partial charge in [-0.1, -0.05) is 6.07 Å². The van der Waals surface area contributed by atoms with Gasteiger partial charge >= 0.3 is 0 Å². The number of hydrogen-bond donors (Lipinski definition) is 1. The quantitative estimate of drug-likeness (QED) is 0.522. The molecule has 0 saturated carbocycles. The van der Waals surface area contributed by atoms with Crippen molar-refractivity contribution in [1.82, 2.24) is 10.2 Å². The average molecular weight is 411 g/mol. The molecule has 2 saturated heterocycles. The Morgan fingerprint density at radius 1 is 1.29 bits per heavy atom. The Balaban J connectivity index is 1.51. The molecule has 2 atom stereocenters. The molecule has 154 valence electrons. The largest absolute Gasteiger partial charge is 0.381 e. The van der Waals surface area contributed by atoms with E-state index in [1.807, 2.05) is 0 Å². The molecule has 2 fully saturated rings. The molecule has 2 aliphatic rings. The Bertz CT molecular complexity index is 691. The number of benzene rings is 1. The number of rotatable bonds is 8. The van der Waals surface area contributed by atoms with Crippen LogP contribution in [0.3, 0.4) is 0 Å². The molecule has 2 unspecified atom stereocenters. The van der Waals surface area contributed by atoms with Gasteiger partial charge in [-0.25, -0.2) is 4.39 Å². The van der Waals surface area contributed by atoms with Crippen molar-refractivity contribution in [2.75, 3.05) is 51.8 Å². The number of nitrogens with one attached hydrogen (secondary N) is 1. The van der Waals surface area contributed by atoms with Gasteiger partial charge in [0.15, 0.2) is 5.78 Å². The molecule has 6 nitrogen and oxygen atoms in total. The first-order valence-corrected chi connectivity index (χ1v) is 10.6. The molecule has 3 rings (SSSR count). The Hall–Kier alpha value is -1.48. The van der Waals surface area contributed by atoms with Gasteiger partial charge in [0.1, 0.15) is 5.82 Å². The van der Waals surface area contributed by atoms with Gasteiger partial charge in [-0.15, -0.1) is 11.8 Å². The first kappa shape index (κ1) is 21.2. The van der Waals surface area contributed by atoms with E-state index in [1.54, 1.807) is 12.1 Å². The Labute approximate surface area is 169 Å². The van der Waals surface area contributed by atoms with Crippen LogP contribution in [-0.4, -0.2) is 74.4 Å². The summed E-state index contributed by atoms with van der Waals surface area (Å²) in [6.07, 6.45) is 1.00. The SMILES string of the molecule is CC(=O)c1ccc(SCC(=O)NCC(C2CCOC2)N2CCOCC2)c(F)c1. The van der Waals surface area contributed by atoms with E-state index in [2.05, 4.69) is 10.2 Å². The van der Waals surface area contributed by atoms with Crippen LogP contribution in [-0.2, 0) is 14.3 Å². The molecule has 1 aromatic carbocycles. The Morgan fingerprint density at radius 3 is 2.71 bits per heavy atom. The predicted molar refractivity (Wildman–Crippen MR) is 105 cm³/mol. The van der Waals surface area contributed by atoms with E-state index in [0.29, 0.717) is 36.1 Å². The summed E-state index contributed by atoms with van der Waals surface area (Å²) in [6, 6.07) is 4.58. The monoisotopic (exact) mass is 410 g/mol. The normalized spacial score (nSPS) is 21.4. The highest BCUT2D eigenvalue weighted by atomic mass is 32.2. The van der Waals surface area contributed by atoms with Crippen LogP contribution in [0.1, 0.15) is 23.7 Å². The number of amides is 1. The van der Waals surface area contributed by atoms with Crippen molar-refractivity contribution in [2.45, 2.75) is 24.3 Å². The Kier molecular flexibility index (Phi) is 7.84. The van der Waals surface area contributed by atoms with Gasteiger partial charge in [0.2, 0.25) is 5.91 Å². The molecule has 1 amide bonds. The van der Waals surface area contributed by atoms with E-state index in [4.69, 9.17) is 9.47 Å². The lowest BCUT2D eigenvalue weighted by molar-refractivity contribution is -0.119. The second-order valence-electron chi connectivity index (χ2n) is 7.13. The minimum absolute atomic E-state index is 0.128. The van der Waals surface area contributed by atoms with E-state index in [1.165, 1.54) is 13.0 Å². The molecule has 28 heavy (non-hydrogen) atoms. The van der Waals surface area contributed by atoms with Crippen LogP contribution in [0, 0.1) is 11.7 Å². The fourth-order valence-corrected chi connectivity index (χ4v) is 4.36. The van der Waals surface area contributed by atoms with E-state index in [-0.39, 0.29) is 23.5 Å². The van der Waals surface area contributed by atoms with Crippen molar-refractivity contribution >= 4 is 23.5 Å². The lowest BCUT2D eigenvalue weighted by Crippen LogP contribution is -2.52. The number of morpholine rings is 1. The van der Waals surface area contributed by atoms with Crippen molar-refractivity contribution in [3.05, 3.63) is 29.6 Å². The number of ketones is 1. The number of ether oxygens (including phenoxy) is 2. The summed E-state index contributed by atoms with van der Waals surface area (Å²) < 4.78 is 25.1. The van der Waals surface area contributed by atoms with Gasteiger partial charge in [-0.3, -0.25) is 14.5 Å². The zero-order valence-corrected chi connectivity index (χ0v) is 16.9. The van der Waals surface area contributed by atoms with Crippen molar-refractivity contribution in [1.29, 1.82) is 0 Å². The minimum atomic E-state index is -0.472. The van der Waals surface area contributed by atoms with Gasteiger partial charge < -0.3 is 14.8 Å². The number of Topliss-reactive ketones (excluding diaryl/α,β-unsaturated/α-hetero) is 1. The lowest BCUT2D eigenvalue weighted by atomic mass is 9.97.